The average molecular weight is 389 g/mol. The van der Waals surface area contributed by atoms with E-state index in [2.05, 4.69) is 19.6 Å². The van der Waals surface area contributed by atoms with Crippen molar-refractivity contribution in [3.8, 4) is 0 Å². The van der Waals surface area contributed by atoms with Gasteiger partial charge in [-0.1, -0.05) is 25.2 Å². The van der Waals surface area contributed by atoms with Crippen LogP contribution in [0.2, 0.25) is 0 Å². The second-order valence-electron chi connectivity index (χ2n) is 8.93. The fourth-order valence-electron chi connectivity index (χ4n) is 5.71. The number of carbonyl (C=O) groups excluding carboxylic acids is 1. The Morgan fingerprint density at radius 1 is 1.25 bits per heavy atom. The normalized spacial score (nSPS) is 38.5. The van der Waals surface area contributed by atoms with Gasteiger partial charge in [-0.25, -0.2) is 0 Å². The van der Waals surface area contributed by atoms with Crippen LogP contribution in [-0.2, 0) is 14.3 Å². The molecule has 0 heterocycles. The van der Waals surface area contributed by atoms with E-state index in [4.69, 9.17) is 9.84 Å². The van der Waals surface area contributed by atoms with Gasteiger partial charge in [0, 0.05) is 5.41 Å². The van der Waals surface area contributed by atoms with Gasteiger partial charge < -0.3 is 14.9 Å². The summed E-state index contributed by atoms with van der Waals surface area (Å²) in [6, 6.07) is 0. The van der Waals surface area contributed by atoms with Gasteiger partial charge in [-0.05, 0) is 74.9 Å². The highest BCUT2D eigenvalue weighted by molar-refractivity contribution is 5.76. The molecule has 0 spiro atoms. The molecule has 0 aromatic heterocycles. The highest BCUT2D eigenvalue weighted by Gasteiger charge is 2.54. The van der Waals surface area contributed by atoms with Crippen LogP contribution in [0.1, 0.15) is 64.7 Å². The van der Waals surface area contributed by atoms with Crippen LogP contribution in [-0.4, -0.2) is 28.3 Å². The Hall–Kier alpha value is -2.04. The molecule has 3 aliphatic rings. The molecule has 2 N–H and O–H groups in total. The Morgan fingerprint density at radius 3 is 2.79 bits per heavy atom. The van der Waals surface area contributed by atoms with E-state index in [-0.39, 0.29) is 36.1 Å². The van der Waals surface area contributed by atoms with Crippen LogP contribution in [0, 0.1) is 23.2 Å². The van der Waals surface area contributed by atoms with Crippen molar-refractivity contribution in [3.05, 3.63) is 36.1 Å². The summed E-state index contributed by atoms with van der Waals surface area (Å²) in [5.74, 6) is 0.549. The minimum atomic E-state index is -0.970. The van der Waals surface area contributed by atoms with E-state index < -0.39 is 5.97 Å². The lowest BCUT2D eigenvalue weighted by atomic mass is 9.58. The number of carbonyl (C=O) groups is 2. The molecule has 0 radical (unpaired) electrons. The van der Waals surface area contributed by atoms with E-state index in [0.717, 1.165) is 50.5 Å². The van der Waals surface area contributed by atoms with Crippen LogP contribution in [0.15, 0.2) is 36.1 Å². The zero-order valence-electron chi connectivity index (χ0n) is 16.7. The molecule has 5 heteroatoms. The van der Waals surface area contributed by atoms with E-state index in [1.165, 1.54) is 0 Å². The summed E-state index contributed by atoms with van der Waals surface area (Å²) in [6.45, 7) is 6.34. The summed E-state index contributed by atoms with van der Waals surface area (Å²) in [5.41, 5.74) is 0.914. The number of aliphatic hydroxyl groups is 1. The number of aliphatic carboxylic acids is 1. The standard InChI is InChI=1S/C23H32O5/c1-15-6-7-18-16(4-3-5-17(24)14-15)12-13-23(2)19(18)8-9-20(23)28-22(27)11-10-21(25)26/h3,5,14,16,18-20,24H,1,4,6-13H2,2H3,(H,25,26)/b5-3-,17-14+/t16-,18?,19-,20-,23-/m0/s1. The molecule has 3 aliphatic carbocycles. The van der Waals surface area contributed by atoms with Gasteiger partial charge in [0.05, 0.1) is 12.8 Å². The molecule has 1 unspecified atom stereocenters. The van der Waals surface area contributed by atoms with Gasteiger partial charge in [-0.15, -0.1) is 0 Å². The van der Waals surface area contributed by atoms with E-state index >= 15 is 0 Å². The molecule has 2 saturated carbocycles. The maximum Gasteiger partial charge on any atom is 0.306 e. The molecule has 0 aliphatic heterocycles. The first kappa shape index (κ1) is 20.7. The van der Waals surface area contributed by atoms with Gasteiger partial charge in [0.2, 0.25) is 0 Å². The summed E-state index contributed by atoms with van der Waals surface area (Å²) in [7, 11) is 0. The number of fused-ring (bicyclic) bond motifs is 3. The van der Waals surface area contributed by atoms with Gasteiger partial charge in [0.1, 0.15) is 11.9 Å². The fraction of sp³-hybridized carbons (Fsp3) is 0.652. The van der Waals surface area contributed by atoms with Crippen LogP contribution in [0.3, 0.4) is 0 Å². The lowest BCUT2D eigenvalue weighted by Crippen LogP contribution is -2.44. The zero-order chi connectivity index (χ0) is 20.3. The molecule has 0 aromatic carbocycles. The van der Waals surface area contributed by atoms with Gasteiger partial charge >= 0.3 is 11.9 Å². The van der Waals surface area contributed by atoms with Gasteiger partial charge in [-0.3, -0.25) is 9.59 Å². The third kappa shape index (κ3) is 4.50. The molecule has 0 aromatic rings. The summed E-state index contributed by atoms with van der Waals surface area (Å²) < 4.78 is 5.77. The third-order valence-electron chi connectivity index (χ3n) is 7.19. The minimum absolute atomic E-state index is 0.0345. The number of rotatable bonds is 4. The number of carboxylic acids is 1. The number of ether oxygens (including phenoxy) is 1. The van der Waals surface area contributed by atoms with Crippen molar-refractivity contribution in [3.63, 3.8) is 0 Å². The van der Waals surface area contributed by atoms with E-state index in [1.807, 2.05) is 0 Å². The fourth-order valence-corrected chi connectivity index (χ4v) is 5.71. The molecule has 3 rings (SSSR count). The maximum atomic E-state index is 12.1. The van der Waals surface area contributed by atoms with Crippen molar-refractivity contribution in [2.24, 2.45) is 23.2 Å². The van der Waals surface area contributed by atoms with Crippen molar-refractivity contribution < 1.29 is 24.5 Å². The van der Waals surface area contributed by atoms with Crippen molar-refractivity contribution in [1.82, 2.24) is 0 Å². The van der Waals surface area contributed by atoms with Crippen molar-refractivity contribution in [1.29, 1.82) is 0 Å². The van der Waals surface area contributed by atoms with Crippen LogP contribution in [0.4, 0.5) is 0 Å². The summed E-state index contributed by atoms with van der Waals surface area (Å²) in [4.78, 5) is 22.8. The predicted molar refractivity (Wildman–Crippen MR) is 107 cm³/mol. The van der Waals surface area contributed by atoms with Gasteiger partial charge in [-0.2, -0.15) is 0 Å². The molecule has 0 bridgehead atoms. The predicted octanol–water partition coefficient (Wildman–Crippen LogP) is 4.94. The van der Waals surface area contributed by atoms with Crippen molar-refractivity contribution >= 4 is 11.9 Å². The minimum Gasteiger partial charge on any atom is -0.508 e. The Balaban J connectivity index is 1.71. The molecule has 28 heavy (non-hydrogen) atoms. The third-order valence-corrected chi connectivity index (χ3v) is 7.19. The summed E-state index contributed by atoms with van der Waals surface area (Å²) in [5, 5.41) is 18.7. The lowest BCUT2D eigenvalue weighted by Gasteiger charge is -2.48. The number of aliphatic hydroxyl groups excluding tert-OH is 1. The highest BCUT2D eigenvalue weighted by Crippen LogP contribution is 2.59. The molecule has 5 nitrogen and oxygen atoms in total. The summed E-state index contributed by atoms with van der Waals surface area (Å²) in [6.07, 6.45) is 12.1. The Labute approximate surface area is 167 Å². The molecule has 0 saturated heterocycles. The first-order valence-electron chi connectivity index (χ1n) is 10.5. The second kappa shape index (κ2) is 8.54. The summed E-state index contributed by atoms with van der Waals surface area (Å²) >= 11 is 0. The first-order chi connectivity index (χ1) is 13.3. The molecular formula is C23H32O5. The molecule has 5 atom stereocenters. The van der Waals surface area contributed by atoms with Gasteiger partial charge in [0.15, 0.2) is 0 Å². The topological polar surface area (TPSA) is 83.8 Å². The molecular weight excluding hydrogens is 356 g/mol. The number of esters is 1. The lowest BCUT2D eigenvalue weighted by molar-refractivity contribution is -0.160. The maximum absolute atomic E-state index is 12.1. The van der Waals surface area contributed by atoms with Crippen LogP contribution < -0.4 is 0 Å². The SMILES string of the molecule is C=C1/C=C(O)\C=C/C[C@H]2CC[C@]3(C)[C@@H](OC(=O)CCC(=O)O)CC[C@H]3C2CC1. The number of allylic oxidation sites excluding steroid dienone is 4. The Kier molecular flexibility index (Phi) is 6.31. The Morgan fingerprint density at radius 2 is 2.04 bits per heavy atom. The smallest absolute Gasteiger partial charge is 0.306 e. The highest BCUT2D eigenvalue weighted by atomic mass is 16.5. The largest absolute Gasteiger partial charge is 0.508 e. The zero-order valence-corrected chi connectivity index (χ0v) is 16.7. The quantitative estimate of drug-likeness (QED) is 0.666. The second-order valence-corrected chi connectivity index (χ2v) is 8.93. The first-order valence-corrected chi connectivity index (χ1v) is 10.5. The van der Waals surface area contributed by atoms with Crippen molar-refractivity contribution in [2.75, 3.05) is 0 Å². The van der Waals surface area contributed by atoms with E-state index in [9.17, 15) is 14.7 Å². The number of hydrogen-bond donors (Lipinski definition) is 2. The van der Waals surface area contributed by atoms with E-state index in [1.54, 1.807) is 12.2 Å². The van der Waals surface area contributed by atoms with Crippen LogP contribution in [0.5, 0.6) is 0 Å². The van der Waals surface area contributed by atoms with Crippen LogP contribution in [0.25, 0.3) is 0 Å². The molecule has 2 fully saturated rings. The average Bonchev–Trinajstić information content (AvgIpc) is 2.95. The van der Waals surface area contributed by atoms with Gasteiger partial charge in [0.25, 0.3) is 0 Å². The van der Waals surface area contributed by atoms with E-state index in [0.29, 0.717) is 17.8 Å². The van der Waals surface area contributed by atoms with Crippen LogP contribution >= 0.6 is 0 Å². The monoisotopic (exact) mass is 388 g/mol. The molecule has 154 valence electrons. The van der Waals surface area contributed by atoms with Crippen molar-refractivity contribution in [2.45, 2.75) is 70.8 Å². The molecule has 0 amide bonds. The number of carboxylic acid groups (broad SMARTS) is 1. The number of hydrogen-bond acceptors (Lipinski definition) is 4. The Bertz CT molecular complexity index is 691.